The predicted molar refractivity (Wildman–Crippen MR) is 85.5 cm³/mol. The van der Waals surface area contributed by atoms with Crippen molar-refractivity contribution in [3.8, 4) is 11.6 Å². The summed E-state index contributed by atoms with van der Waals surface area (Å²) in [5.41, 5.74) is 8.63. The highest BCUT2D eigenvalue weighted by atomic mass is 32.1. The van der Waals surface area contributed by atoms with Crippen molar-refractivity contribution in [1.29, 1.82) is 0 Å². The van der Waals surface area contributed by atoms with Gasteiger partial charge in [-0.3, -0.25) is 0 Å². The van der Waals surface area contributed by atoms with Gasteiger partial charge in [0.25, 0.3) is 0 Å². The van der Waals surface area contributed by atoms with Gasteiger partial charge in [0, 0.05) is 6.20 Å². The number of hydrogen-bond donors (Lipinski definition) is 1. The van der Waals surface area contributed by atoms with Crippen LogP contribution in [0.3, 0.4) is 0 Å². The first-order chi connectivity index (χ1) is 9.49. The molecule has 0 aliphatic rings. The highest BCUT2D eigenvalue weighted by Gasteiger charge is 2.13. The van der Waals surface area contributed by atoms with Gasteiger partial charge in [0.2, 0.25) is 5.88 Å². The lowest BCUT2D eigenvalue weighted by atomic mass is 10.0. The Balaban J connectivity index is 2.45. The molecule has 0 amide bonds. The summed E-state index contributed by atoms with van der Waals surface area (Å²) < 4.78 is 5.97. The lowest BCUT2D eigenvalue weighted by molar-refractivity contribution is 0.453. The van der Waals surface area contributed by atoms with E-state index in [4.69, 9.17) is 22.7 Å². The molecule has 0 atom stereocenters. The number of benzene rings is 1. The largest absolute Gasteiger partial charge is 0.438 e. The molecule has 0 saturated carbocycles. The second-order valence-electron chi connectivity index (χ2n) is 5.02. The minimum absolute atomic E-state index is 0.284. The maximum atomic E-state index is 5.97. The summed E-state index contributed by atoms with van der Waals surface area (Å²) in [4.78, 5) is 4.52. The van der Waals surface area contributed by atoms with Gasteiger partial charge in [0.15, 0.2) is 0 Å². The van der Waals surface area contributed by atoms with Crippen LogP contribution >= 0.6 is 12.2 Å². The summed E-state index contributed by atoms with van der Waals surface area (Å²) in [5.74, 6) is 1.62. The van der Waals surface area contributed by atoms with E-state index in [0.29, 0.717) is 17.4 Å². The Hall–Kier alpha value is -1.94. The van der Waals surface area contributed by atoms with Crippen LogP contribution in [0, 0.1) is 6.92 Å². The van der Waals surface area contributed by atoms with E-state index in [2.05, 4.69) is 31.0 Å². The second-order valence-corrected chi connectivity index (χ2v) is 5.46. The average Bonchev–Trinajstić information content (AvgIpc) is 2.38. The third kappa shape index (κ3) is 3.14. The van der Waals surface area contributed by atoms with Gasteiger partial charge < -0.3 is 10.5 Å². The normalized spacial score (nSPS) is 10.6. The third-order valence-corrected chi connectivity index (χ3v) is 3.25. The molecule has 4 heteroatoms. The van der Waals surface area contributed by atoms with Crippen LogP contribution in [-0.4, -0.2) is 9.97 Å². The van der Waals surface area contributed by atoms with E-state index in [1.165, 1.54) is 0 Å². The van der Waals surface area contributed by atoms with Crippen molar-refractivity contribution in [3.63, 3.8) is 0 Å². The smallest absolute Gasteiger partial charge is 0.229 e. The van der Waals surface area contributed by atoms with Crippen LogP contribution < -0.4 is 10.5 Å². The molecular formula is C16H18N2OS. The zero-order chi connectivity index (χ0) is 14.7. The number of nitrogens with two attached hydrogens (primary N) is 1. The van der Waals surface area contributed by atoms with Crippen LogP contribution in [0.1, 0.15) is 36.5 Å². The fraction of sp³-hybridized carbons (Fsp3) is 0.250. The van der Waals surface area contributed by atoms with Crippen molar-refractivity contribution in [2.45, 2.75) is 26.7 Å². The first-order valence-electron chi connectivity index (χ1n) is 6.52. The van der Waals surface area contributed by atoms with Crippen molar-refractivity contribution in [2.75, 3.05) is 0 Å². The quantitative estimate of drug-likeness (QED) is 0.865. The van der Waals surface area contributed by atoms with Crippen LogP contribution in [-0.2, 0) is 0 Å². The minimum Gasteiger partial charge on any atom is -0.438 e. The number of thiocarbonyl (C=S) groups is 1. The van der Waals surface area contributed by atoms with Gasteiger partial charge in [-0.2, -0.15) is 0 Å². The lowest BCUT2D eigenvalue weighted by Crippen LogP contribution is -2.11. The maximum absolute atomic E-state index is 5.97. The van der Waals surface area contributed by atoms with Crippen LogP contribution in [0.25, 0.3) is 0 Å². The molecule has 0 saturated heterocycles. The number of pyridine rings is 1. The van der Waals surface area contributed by atoms with Gasteiger partial charge in [0.05, 0.1) is 5.56 Å². The number of ether oxygens (including phenoxy) is 1. The van der Waals surface area contributed by atoms with Crippen molar-refractivity contribution >= 4 is 17.2 Å². The Bertz CT molecular complexity index is 638. The van der Waals surface area contributed by atoms with E-state index in [9.17, 15) is 0 Å². The van der Waals surface area contributed by atoms with Gasteiger partial charge in [-0.15, -0.1) is 0 Å². The van der Waals surface area contributed by atoms with E-state index in [-0.39, 0.29) is 4.99 Å². The monoisotopic (exact) mass is 286 g/mol. The third-order valence-electron chi connectivity index (χ3n) is 3.03. The van der Waals surface area contributed by atoms with E-state index in [1.54, 1.807) is 12.3 Å². The second kappa shape index (κ2) is 6.01. The van der Waals surface area contributed by atoms with E-state index in [1.807, 2.05) is 19.1 Å². The molecule has 2 rings (SSSR count). The molecular weight excluding hydrogens is 268 g/mol. The van der Waals surface area contributed by atoms with Crippen LogP contribution in [0.2, 0.25) is 0 Å². The molecule has 104 valence electrons. The van der Waals surface area contributed by atoms with E-state index >= 15 is 0 Å². The van der Waals surface area contributed by atoms with E-state index < -0.39 is 0 Å². The molecule has 1 heterocycles. The van der Waals surface area contributed by atoms with Crippen molar-refractivity contribution < 1.29 is 4.74 Å². The summed E-state index contributed by atoms with van der Waals surface area (Å²) >= 11 is 5.03. The standard InChI is InChI=1S/C16H18N2OS/c1-10(2)12-7-6-11(3)9-14(12)19-16-13(15(17)20)5-4-8-18-16/h4-10H,1-3H3,(H2,17,20). The van der Waals surface area contributed by atoms with Gasteiger partial charge in [-0.1, -0.05) is 38.2 Å². The SMILES string of the molecule is Cc1ccc(C(C)C)c(Oc2ncccc2C(N)=S)c1. The van der Waals surface area contributed by atoms with Crippen LogP contribution in [0.15, 0.2) is 36.5 Å². The fourth-order valence-corrected chi connectivity index (χ4v) is 2.13. The van der Waals surface area contributed by atoms with Crippen molar-refractivity contribution in [2.24, 2.45) is 5.73 Å². The first-order valence-corrected chi connectivity index (χ1v) is 6.93. The minimum atomic E-state index is 0.284. The van der Waals surface area contributed by atoms with Crippen LogP contribution in [0.5, 0.6) is 11.6 Å². The summed E-state index contributed by atoms with van der Waals surface area (Å²) in [6, 6.07) is 9.78. The number of hydrogen-bond acceptors (Lipinski definition) is 3. The van der Waals surface area contributed by atoms with Crippen molar-refractivity contribution in [3.05, 3.63) is 53.2 Å². The van der Waals surface area contributed by atoms with Gasteiger partial charge >= 0.3 is 0 Å². The molecule has 2 N–H and O–H groups in total. The summed E-state index contributed by atoms with van der Waals surface area (Å²) in [6.07, 6.45) is 1.67. The molecule has 0 fully saturated rings. The molecule has 0 bridgehead atoms. The molecule has 20 heavy (non-hydrogen) atoms. The average molecular weight is 286 g/mol. The Morgan fingerprint density at radius 3 is 2.70 bits per heavy atom. The van der Waals surface area contributed by atoms with E-state index in [0.717, 1.165) is 16.9 Å². The number of nitrogens with zero attached hydrogens (tertiary/aromatic N) is 1. The molecule has 0 unspecified atom stereocenters. The molecule has 0 aliphatic heterocycles. The molecule has 1 aromatic heterocycles. The fourth-order valence-electron chi connectivity index (χ4n) is 1.97. The predicted octanol–water partition coefficient (Wildman–Crippen LogP) is 3.94. The molecule has 1 aromatic carbocycles. The summed E-state index contributed by atoms with van der Waals surface area (Å²) in [7, 11) is 0. The lowest BCUT2D eigenvalue weighted by Gasteiger charge is -2.15. The molecule has 3 nitrogen and oxygen atoms in total. The molecule has 2 aromatic rings. The van der Waals surface area contributed by atoms with Gasteiger partial charge in [-0.05, 0) is 42.2 Å². The Kier molecular flexibility index (Phi) is 4.35. The zero-order valence-corrected chi connectivity index (χ0v) is 12.7. The Morgan fingerprint density at radius 1 is 1.30 bits per heavy atom. The first kappa shape index (κ1) is 14.5. The molecule has 0 aliphatic carbocycles. The summed E-state index contributed by atoms with van der Waals surface area (Å²) in [5, 5.41) is 0. The molecule has 0 radical (unpaired) electrons. The highest BCUT2D eigenvalue weighted by Crippen LogP contribution is 2.31. The number of aryl methyl sites for hydroxylation is 1. The Morgan fingerprint density at radius 2 is 2.05 bits per heavy atom. The van der Waals surface area contributed by atoms with Crippen LogP contribution in [0.4, 0.5) is 0 Å². The number of aromatic nitrogens is 1. The number of rotatable bonds is 4. The molecule has 0 spiro atoms. The zero-order valence-electron chi connectivity index (χ0n) is 11.9. The van der Waals surface area contributed by atoms with Gasteiger partial charge in [0.1, 0.15) is 10.7 Å². The highest BCUT2D eigenvalue weighted by molar-refractivity contribution is 7.80. The topological polar surface area (TPSA) is 48.1 Å². The maximum Gasteiger partial charge on any atom is 0.229 e. The van der Waals surface area contributed by atoms with Gasteiger partial charge in [-0.25, -0.2) is 4.98 Å². The van der Waals surface area contributed by atoms with Crippen molar-refractivity contribution in [1.82, 2.24) is 4.98 Å². The summed E-state index contributed by atoms with van der Waals surface area (Å²) in [6.45, 7) is 6.29. The Labute approximate surface area is 124 Å².